The van der Waals surface area contributed by atoms with Crippen LogP contribution in [0.3, 0.4) is 0 Å². The average molecular weight is 315 g/mol. The summed E-state index contributed by atoms with van der Waals surface area (Å²) < 4.78 is 28.9. The number of aryl methyl sites for hydroxylation is 2. The Bertz CT molecular complexity index is 513. The van der Waals surface area contributed by atoms with E-state index in [0.29, 0.717) is 23.7 Å². The highest BCUT2D eigenvalue weighted by molar-refractivity contribution is 7.89. The van der Waals surface area contributed by atoms with E-state index in [-0.39, 0.29) is 0 Å². The van der Waals surface area contributed by atoms with Gasteiger partial charge in [-0.15, -0.1) is 0 Å². The lowest BCUT2D eigenvalue weighted by Gasteiger charge is -2.21. The first-order chi connectivity index (χ1) is 9.93. The number of hydrogen-bond acceptors (Lipinski definition) is 3. The summed E-state index contributed by atoms with van der Waals surface area (Å²) in [6.45, 7) is 7.22. The second-order valence-corrected chi connectivity index (χ2v) is 7.48. The third kappa shape index (κ3) is 5.11. The van der Waals surface area contributed by atoms with Gasteiger partial charge in [0.1, 0.15) is 4.90 Å². The second kappa shape index (κ2) is 8.54. The highest BCUT2D eigenvalue weighted by Gasteiger charge is 2.27. The van der Waals surface area contributed by atoms with Gasteiger partial charge in [0, 0.05) is 26.3 Å². The van der Waals surface area contributed by atoms with E-state index in [1.807, 2.05) is 0 Å². The SMILES string of the molecule is CCCCCN(CCCCC)S(=O)(=O)c1cn(C)nc1C. The Balaban J connectivity index is 2.90. The Morgan fingerprint density at radius 2 is 1.62 bits per heavy atom. The predicted molar refractivity (Wildman–Crippen MR) is 85.8 cm³/mol. The van der Waals surface area contributed by atoms with Crippen LogP contribution < -0.4 is 0 Å². The van der Waals surface area contributed by atoms with Crippen molar-refractivity contribution in [3.05, 3.63) is 11.9 Å². The third-order valence-corrected chi connectivity index (χ3v) is 5.61. The summed E-state index contributed by atoms with van der Waals surface area (Å²) in [6.07, 6.45) is 7.75. The maximum atomic E-state index is 12.8. The van der Waals surface area contributed by atoms with Gasteiger partial charge in [0.2, 0.25) is 10.0 Å². The molecule has 0 fully saturated rings. The molecule has 6 heteroatoms. The van der Waals surface area contributed by atoms with Gasteiger partial charge in [-0.05, 0) is 19.8 Å². The van der Waals surface area contributed by atoms with Crippen molar-refractivity contribution in [3.63, 3.8) is 0 Å². The van der Waals surface area contributed by atoms with Crippen LogP contribution in [0.2, 0.25) is 0 Å². The molecule has 0 spiro atoms. The zero-order chi connectivity index (χ0) is 15.9. The van der Waals surface area contributed by atoms with Crippen LogP contribution in [0.4, 0.5) is 0 Å². The largest absolute Gasteiger partial charge is 0.274 e. The van der Waals surface area contributed by atoms with Crippen LogP contribution in [0.25, 0.3) is 0 Å². The van der Waals surface area contributed by atoms with Crippen molar-refractivity contribution in [1.29, 1.82) is 0 Å². The van der Waals surface area contributed by atoms with E-state index in [4.69, 9.17) is 0 Å². The molecule has 0 saturated heterocycles. The van der Waals surface area contributed by atoms with E-state index in [0.717, 1.165) is 38.5 Å². The number of hydrogen-bond donors (Lipinski definition) is 0. The van der Waals surface area contributed by atoms with Crippen LogP contribution in [0.1, 0.15) is 58.1 Å². The minimum absolute atomic E-state index is 0.345. The fraction of sp³-hybridized carbons (Fsp3) is 0.800. The second-order valence-electron chi connectivity index (χ2n) is 5.57. The quantitative estimate of drug-likeness (QED) is 0.623. The Kier molecular flexibility index (Phi) is 7.39. The van der Waals surface area contributed by atoms with Crippen LogP contribution in [0.15, 0.2) is 11.1 Å². The summed E-state index contributed by atoms with van der Waals surface area (Å²) >= 11 is 0. The number of sulfonamides is 1. The molecule has 1 aromatic rings. The number of nitrogens with zero attached hydrogens (tertiary/aromatic N) is 3. The molecule has 0 bridgehead atoms. The number of rotatable bonds is 10. The summed E-state index contributed by atoms with van der Waals surface area (Å²) in [4.78, 5) is 0.345. The highest BCUT2D eigenvalue weighted by Crippen LogP contribution is 2.20. The molecule has 0 aliphatic rings. The first kappa shape index (κ1) is 18.2. The standard InChI is InChI=1S/C15H29N3O2S/c1-5-7-9-11-18(12-10-8-6-2)21(19,20)15-13-17(4)16-14(15)3/h13H,5-12H2,1-4H3. The monoisotopic (exact) mass is 315 g/mol. The molecule has 5 nitrogen and oxygen atoms in total. The molecule has 122 valence electrons. The summed E-state index contributed by atoms with van der Waals surface area (Å²) in [5, 5.41) is 4.16. The van der Waals surface area contributed by atoms with Crippen molar-refractivity contribution >= 4 is 10.0 Å². The zero-order valence-corrected chi connectivity index (χ0v) is 14.6. The molecule has 0 atom stereocenters. The Hall–Kier alpha value is -0.880. The van der Waals surface area contributed by atoms with E-state index in [2.05, 4.69) is 18.9 Å². The van der Waals surface area contributed by atoms with Crippen LogP contribution in [0.5, 0.6) is 0 Å². The van der Waals surface area contributed by atoms with Crippen LogP contribution in [0, 0.1) is 6.92 Å². The summed E-state index contributed by atoms with van der Waals surface area (Å²) in [6, 6.07) is 0. The van der Waals surface area contributed by atoms with Gasteiger partial charge in [0.05, 0.1) is 5.69 Å². The smallest absolute Gasteiger partial charge is 0.246 e. The highest BCUT2D eigenvalue weighted by atomic mass is 32.2. The lowest BCUT2D eigenvalue weighted by molar-refractivity contribution is 0.388. The zero-order valence-electron chi connectivity index (χ0n) is 13.8. The lowest BCUT2D eigenvalue weighted by atomic mass is 10.2. The maximum Gasteiger partial charge on any atom is 0.246 e. The van der Waals surface area contributed by atoms with Gasteiger partial charge in [0.15, 0.2) is 0 Å². The van der Waals surface area contributed by atoms with Gasteiger partial charge in [0.25, 0.3) is 0 Å². The van der Waals surface area contributed by atoms with Crippen molar-refractivity contribution in [1.82, 2.24) is 14.1 Å². The van der Waals surface area contributed by atoms with Crippen molar-refractivity contribution < 1.29 is 8.42 Å². The molecular formula is C15H29N3O2S. The lowest BCUT2D eigenvalue weighted by Crippen LogP contribution is -2.33. The van der Waals surface area contributed by atoms with Crippen molar-refractivity contribution in [3.8, 4) is 0 Å². The predicted octanol–water partition coefficient (Wildman–Crippen LogP) is 3.10. The first-order valence-electron chi connectivity index (χ1n) is 7.93. The van der Waals surface area contributed by atoms with Gasteiger partial charge >= 0.3 is 0 Å². The van der Waals surface area contributed by atoms with Gasteiger partial charge in [-0.3, -0.25) is 4.68 Å². The van der Waals surface area contributed by atoms with Crippen LogP contribution in [-0.2, 0) is 17.1 Å². The van der Waals surface area contributed by atoms with E-state index < -0.39 is 10.0 Å². The first-order valence-corrected chi connectivity index (χ1v) is 9.37. The molecule has 0 saturated carbocycles. The molecule has 0 radical (unpaired) electrons. The average Bonchev–Trinajstić information content (AvgIpc) is 2.77. The topological polar surface area (TPSA) is 55.2 Å². The molecule has 0 aromatic carbocycles. The maximum absolute atomic E-state index is 12.8. The van der Waals surface area contributed by atoms with Gasteiger partial charge in [-0.1, -0.05) is 39.5 Å². The molecule has 1 aromatic heterocycles. The van der Waals surface area contributed by atoms with E-state index in [1.54, 1.807) is 29.2 Å². The molecule has 0 N–H and O–H groups in total. The molecule has 1 rings (SSSR count). The Morgan fingerprint density at radius 3 is 2.00 bits per heavy atom. The van der Waals surface area contributed by atoms with Crippen molar-refractivity contribution in [2.75, 3.05) is 13.1 Å². The molecule has 0 unspecified atom stereocenters. The Morgan fingerprint density at radius 1 is 1.10 bits per heavy atom. The molecule has 0 aliphatic carbocycles. The molecule has 1 heterocycles. The fourth-order valence-electron chi connectivity index (χ4n) is 2.40. The minimum atomic E-state index is -3.42. The van der Waals surface area contributed by atoms with Gasteiger partial charge < -0.3 is 0 Å². The van der Waals surface area contributed by atoms with Crippen molar-refractivity contribution in [2.24, 2.45) is 7.05 Å². The van der Waals surface area contributed by atoms with Crippen molar-refractivity contribution in [2.45, 2.75) is 64.2 Å². The summed E-state index contributed by atoms with van der Waals surface area (Å²) in [7, 11) is -1.67. The van der Waals surface area contributed by atoms with E-state index in [1.165, 1.54) is 0 Å². The van der Waals surface area contributed by atoms with E-state index >= 15 is 0 Å². The fourth-order valence-corrected chi connectivity index (χ4v) is 4.12. The molecule has 0 aliphatic heterocycles. The molecule has 0 amide bonds. The number of unbranched alkanes of at least 4 members (excludes halogenated alkanes) is 4. The Labute approximate surface area is 129 Å². The summed E-state index contributed by atoms with van der Waals surface area (Å²) in [5.74, 6) is 0. The molecule has 21 heavy (non-hydrogen) atoms. The normalized spacial score (nSPS) is 12.2. The van der Waals surface area contributed by atoms with E-state index in [9.17, 15) is 8.42 Å². The van der Waals surface area contributed by atoms with Gasteiger partial charge in [-0.25, -0.2) is 8.42 Å². The van der Waals surface area contributed by atoms with Gasteiger partial charge in [-0.2, -0.15) is 9.40 Å². The van der Waals surface area contributed by atoms with Crippen LogP contribution >= 0.6 is 0 Å². The molecular weight excluding hydrogens is 286 g/mol. The van der Waals surface area contributed by atoms with Crippen LogP contribution in [-0.4, -0.2) is 35.6 Å². The number of aromatic nitrogens is 2. The third-order valence-electron chi connectivity index (χ3n) is 3.61. The summed E-state index contributed by atoms with van der Waals surface area (Å²) in [5.41, 5.74) is 0.577. The minimum Gasteiger partial charge on any atom is -0.274 e.